The van der Waals surface area contributed by atoms with E-state index in [2.05, 4.69) is 10.0 Å². The second-order valence-electron chi connectivity index (χ2n) is 8.23. The third kappa shape index (κ3) is 7.38. The number of nitrogens with one attached hydrogen (secondary N) is 2. The van der Waals surface area contributed by atoms with E-state index < -0.39 is 28.0 Å². The van der Waals surface area contributed by atoms with Crippen molar-refractivity contribution in [3.63, 3.8) is 0 Å². The van der Waals surface area contributed by atoms with Gasteiger partial charge in [0.25, 0.3) is 0 Å². The Hall–Kier alpha value is -3.27. The van der Waals surface area contributed by atoms with Crippen LogP contribution in [-0.4, -0.2) is 41.2 Å². The summed E-state index contributed by atoms with van der Waals surface area (Å²) in [5.74, 6) is 0.987. The maximum Gasteiger partial charge on any atom is 0.241 e. The number of rotatable bonds is 12. The van der Waals surface area contributed by atoms with Gasteiger partial charge in [0.1, 0.15) is 11.8 Å². The molecular formula is C27H31ClN2O6S. The van der Waals surface area contributed by atoms with Crippen LogP contribution in [0.25, 0.3) is 0 Å². The first-order valence-electron chi connectivity index (χ1n) is 11.7. The van der Waals surface area contributed by atoms with Crippen LogP contribution in [0, 0.1) is 0 Å². The summed E-state index contributed by atoms with van der Waals surface area (Å²) in [4.78, 5) is 13.3. The van der Waals surface area contributed by atoms with Gasteiger partial charge in [0.15, 0.2) is 11.5 Å². The van der Waals surface area contributed by atoms with Crippen LogP contribution < -0.4 is 24.2 Å². The summed E-state index contributed by atoms with van der Waals surface area (Å²) in [7, 11) is -1.01. The Balaban J connectivity index is 1.85. The van der Waals surface area contributed by atoms with E-state index in [-0.39, 0.29) is 16.3 Å². The molecule has 198 valence electrons. The molecule has 0 radical (unpaired) electrons. The first-order chi connectivity index (χ1) is 17.7. The standard InChI is InChI=1S/C27H31ClN2O6S/c1-5-36-24-14-12-21(17-22(24)28)37(32,33)30-23(15-19-9-7-6-8-10-19)27(31)29-18(2)20-11-13-25(34-3)26(16-20)35-4/h6-14,16-18,23,30H,5,15H2,1-4H3,(H,29,31)/t18-,23+/m1/s1. The van der Waals surface area contributed by atoms with Gasteiger partial charge in [0.05, 0.1) is 36.8 Å². The molecule has 0 aliphatic heterocycles. The fourth-order valence-corrected chi connectivity index (χ4v) is 5.25. The molecule has 10 heteroatoms. The Labute approximate surface area is 222 Å². The van der Waals surface area contributed by atoms with Crippen molar-refractivity contribution in [2.75, 3.05) is 20.8 Å². The lowest BCUT2D eigenvalue weighted by atomic mass is 10.0. The molecule has 0 bridgehead atoms. The molecular weight excluding hydrogens is 516 g/mol. The molecule has 2 atom stereocenters. The molecule has 0 unspecified atom stereocenters. The van der Waals surface area contributed by atoms with Crippen LogP contribution in [0.1, 0.15) is 31.0 Å². The Morgan fingerprint density at radius 3 is 2.24 bits per heavy atom. The van der Waals surface area contributed by atoms with E-state index in [1.54, 1.807) is 33.1 Å². The first-order valence-corrected chi connectivity index (χ1v) is 13.6. The molecule has 1 amide bonds. The van der Waals surface area contributed by atoms with Gasteiger partial charge in [-0.1, -0.05) is 48.0 Å². The molecule has 0 fully saturated rings. The molecule has 0 aromatic heterocycles. The number of methoxy groups -OCH3 is 2. The average molecular weight is 547 g/mol. The zero-order valence-corrected chi connectivity index (χ0v) is 22.7. The topological polar surface area (TPSA) is 103 Å². The summed E-state index contributed by atoms with van der Waals surface area (Å²) in [5, 5.41) is 3.07. The molecule has 0 spiro atoms. The molecule has 3 aromatic rings. The maximum absolute atomic E-state index is 13.4. The lowest BCUT2D eigenvalue weighted by Gasteiger charge is -2.22. The largest absolute Gasteiger partial charge is 0.493 e. The van der Waals surface area contributed by atoms with Crippen LogP contribution in [-0.2, 0) is 21.2 Å². The van der Waals surface area contributed by atoms with Crippen molar-refractivity contribution in [2.24, 2.45) is 0 Å². The summed E-state index contributed by atoms with van der Waals surface area (Å²) in [5.41, 5.74) is 1.57. The second kappa shape index (κ2) is 12.8. The summed E-state index contributed by atoms with van der Waals surface area (Å²) in [6, 6.07) is 17.2. The van der Waals surface area contributed by atoms with Gasteiger partial charge in [-0.25, -0.2) is 8.42 Å². The Morgan fingerprint density at radius 2 is 1.62 bits per heavy atom. The van der Waals surface area contributed by atoms with Gasteiger partial charge in [-0.15, -0.1) is 0 Å². The number of benzene rings is 3. The average Bonchev–Trinajstić information content (AvgIpc) is 2.89. The van der Waals surface area contributed by atoms with Gasteiger partial charge < -0.3 is 19.5 Å². The van der Waals surface area contributed by atoms with Crippen LogP contribution in [0.2, 0.25) is 5.02 Å². The monoisotopic (exact) mass is 546 g/mol. The number of hydrogen-bond donors (Lipinski definition) is 2. The van der Waals surface area contributed by atoms with Crippen LogP contribution in [0.4, 0.5) is 0 Å². The minimum absolute atomic E-state index is 0.0697. The van der Waals surface area contributed by atoms with Crippen molar-refractivity contribution in [3.8, 4) is 17.2 Å². The van der Waals surface area contributed by atoms with E-state index in [0.717, 1.165) is 11.1 Å². The van der Waals surface area contributed by atoms with Crippen molar-refractivity contribution < 1.29 is 27.4 Å². The number of amides is 1. The van der Waals surface area contributed by atoms with Crippen LogP contribution in [0.5, 0.6) is 17.2 Å². The van der Waals surface area contributed by atoms with E-state index in [1.807, 2.05) is 36.4 Å². The molecule has 8 nitrogen and oxygen atoms in total. The normalized spacial score (nSPS) is 12.9. The van der Waals surface area contributed by atoms with Crippen molar-refractivity contribution in [1.82, 2.24) is 10.0 Å². The SMILES string of the molecule is CCOc1ccc(S(=O)(=O)N[C@@H](Cc2ccccc2)C(=O)N[C@H](C)c2ccc(OC)c(OC)c2)cc1Cl. The van der Waals surface area contributed by atoms with Gasteiger partial charge in [0, 0.05) is 0 Å². The predicted molar refractivity (Wildman–Crippen MR) is 143 cm³/mol. The number of halogens is 1. The summed E-state index contributed by atoms with van der Waals surface area (Å²) < 4.78 is 45.1. The van der Waals surface area contributed by atoms with Crippen LogP contribution in [0.3, 0.4) is 0 Å². The second-order valence-corrected chi connectivity index (χ2v) is 10.4. The number of carbonyl (C=O) groups excluding carboxylic acids is 1. The van der Waals surface area contributed by atoms with E-state index >= 15 is 0 Å². The first kappa shape index (κ1) is 28.3. The number of sulfonamides is 1. The highest BCUT2D eigenvalue weighted by Gasteiger charge is 2.28. The molecule has 0 aliphatic carbocycles. The number of carbonyl (C=O) groups is 1. The molecule has 2 N–H and O–H groups in total. The highest BCUT2D eigenvalue weighted by Crippen LogP contribution is 2.30. The fourth-order valence-electron chi connectivity index (χ4n) is 3.73. The van der Waals surface area contributed by atoms with Gasteiger partial charge in [-0.2, -0.15) is 4.72 Å². The molecule has 0 saturated carbocycles. The zero-order chi connectivity index (χ0) is 27.0. The Kier molecular flexibility index (Phi) is 9.79. The van der Waals surface area contributed by atoms with Crippen molar-refractivity contribution in [2.45, 2.75) is 37.2 Å². The minimum Gasteiger partial charge on any atom is -0.493 e. The quantitative estimate of drug-likeness (QED) is 0.346. The molecule has 0 saturated heterocycles. The molecule has 0 heterocycles. The highest BCUT2D eigenvalue weighted by molar-refractivity contribution is 7.89. The Morgan fingerprint density at radius 1 is 0.946 bits per heavy atom. The van der Waals surface area contributed by atoms with Gasteiger partial charge in [-0.05, 0) is 61.7 Å². The maximum atomic E-state index is 13.4. The minimum atomic E-state index is -4.09. The molecule has 37 heavy (non-hydrogen) atoms. The molecule has 0 aliphatic rings. The van der Waals surface area contributed by atoms with E-state index in [4.69, 9.17) is 25.8 Å². The molecule has 3 aromatic carbocycles. The Bertz CT molecular complexity index is 1320. The van der Waals surface area contributed by atoms with E-state index in [9.17, 15) is 13.2 Å². The highest BCUT2D eigenvalue weighted by atomic mass is 35.5. The smallest absolute Gasteiger partial charge is 0.241 e. The number of ether oxygens (including phenoxy) is 3. The van der Waals surface area contributed by atoms with Crippen molar-refractivity contribution >= 4 is 27.5 Å². The lowest BCUT2D eigenvalue weighted by Crippen LogP contribution is -2.48. The van der Waals surface area contributed by atoms with Gasteiger partial charge in [0.2, 0.25) is 15.9 Å². The summed E-state index contributed by atoms with van der Waals surface area (Å²) >= 11 is 6.21. The third-order valence-corrected chi connectivity index (χ3v) is 7.44. The lowest BCUT2D eigenvalue weighted by molar-refractivity contribution is -0.123. The van der Waals surface area contributed by atoms with E-state index in [0.29, 0.717) is 23.9 Å². The molecule has 3 rings (SSSR count). The van der Waals surface area contributed by atoms with Gasteiger partial charge in [-0.3, -0.25) is 4.79 Å². The summed E-state index contributed by atoms with van der Waals surface area (Å²) in [6.45, 7) is 4.00. The third-order valence-electron chi connectivity index (χ3n) is 5.68. The summed E-state index contributed by atoms with van der Waals surface area (Å²) in [6.07, 6.45) is 0.148. The van der Waals surface area contributed by atoms with E-state index in [1.165, 1.54) is 25.3 Å². The van der Waals surface area contributed by atoms with Crippen molar-refractivity contribution in [1.29, 1.82) is 0 Å². The van der Waals surface area contributed by atoms with Crippen molar-refractivity contribution in [3.05, 3.63) is 82.9 Å². The number of hydrogen-bond acceptors (Lipinski definition) is 6. The van der Waals surface area contributed by atoms with Crippen LogP contribution >= 0.6 is 11.6 Å². The predicted octanol–water partition coefficient (Wildman–Crippen LogP) is 4.52. The zero-order valence-electron chi connectivity index (χ0n) is 21.2. The fraction of sp³-hybridized carbons (Fsp3) is 0.296. The van der Waals surface area contributed by atoms with Gasteiger partial charge >= 0.3 is 0 Å². The van der Waals surface area contributed by atoms with Crippen LogP contribution in [0.15, 0.2) is 71.6 Å².